The highest BCUT2D eigenvalue weighted by Gasteiger charge is 2.17. The highest BCUT2D eigenvalue weighted by atomic mass is 79.9. The Morgan fingerprint density at radius 1 is 1.31 bits per heavy atom. The van der Waals surface area contributed by atoms with E-state index < -0.39 is 0 Å². The van der Waals surface area contributed by atoms with E-state index in [1.54, 1.807) is 0 Å². The fourth-order valence-electron chi connectivity index (χ4n) is 1.56. The number of halogens is 1. The highest BCUT2D eigenvalue weighted by molar-refractivity contribution is 9.10. The molecule has 0 aliphatic rings. The molecule has 88 valence electrons. The van der Waals surface area contributed by atoms with Crippen molar-refractivity contribution in [3.05, 3.63) is 34.3 Å². The van der Waals surface area contributed by atoms with E-state index in [1.807, 2.05) is 38.1 Å². The Labute approximate surface area is 105 Å². The zero-order chi connectivity index (χ0) is 12.0. The van der Waals surface area contributed by atoms with Crippen LogP contribution in [0.3, 0.4) is 0 Å². The van der Waals surface area contributed by atoms with Crippen molar-refractivity contribution in [2.45, 2.75) is 26.7 Å². The third-order valence-electron chi connectivity index (χ3n) is 2.51. The normalized spacial score (nSPS) is 12.2. The molecule has 0 amide bonds. The summed E-state index contributed by atoms with van der Waals surface area (Å²) in [5.74, 6) is -0.117. The summed E-state index contributed by atoms with van der Waals surface area (Å²) in [6.07, 6.45) is 1.57. The zero-order valence-electron chi connectivity index (χ0n) is 9.70. The Balaban J connectivity index is 2.62. The smallest absolute Gasteiger partial charge is 0.309 e. The molecule has 1 rings (SSSR count). The lowest BCUT2D eigenvalue weighted by molar-refractivity contribution is -0.148. The molecule has 0 aliphatic carbocycles. The summed E-state index contributed by atoms with van der Waals surface area (Å²) >= 11 is 3.39. The topological polar surface area (TPSA) is 26.3 Å². The van der Waals surface area contributed by atoms with Gasteiger partial charge in [0.25, 0.3) is 0 Å². The minimum Gasteiger partial charge on any atom is -0.466 e. The highest BCUT2D eigenvalue weighted by Crippen LogP contribution is 2.16. The quantitative estimate of drug-likeness (QED) is 0.773. The summed E-state index contributed by atoms with van der Waals surface area (Å²) in [5, 5.41) is 0. The van der Waals surface area contributed by atoms with Crippen molar-refractivity contribution in [1.82, 2.24) is 0 Å². The summed E-state index contributed by atoms with van der Waals surface area (Å²) in [6.45, 7) is 4.31. The van der Waals surface area contributed by atoms with Crippen LogP contribution in [0.15, 0.2) is 28.7 Å². The molecule has 0 saturated carbocycles. The maximum Gasteiger partial charge on any atom is 0.309 e. The van der Waals surface area contributed by atoms with Gasteiger partial charge in [-0.25, -0.2) is 0 Å². The molecule has 0 heterocycles. The lowest BCUT2D eigenvalue weighted by Gasteiger charge is -2.13. The molecule has 1 unspecified atom stereocenters. The van der Waals surface area contributed by atoms with E-state index in [9.17, 15) is 4.79 Å². The predicted octanol–water partition coefficient (Wildman–Crippen LogP) is 3.58. The zero-order valence-corrected chi connectivity index (χ0v) is 11.3. The van der Waals surface area contributed by atoms with Crippen molar-refractivity contribution < 1.29 is 9.53 Å². The van der Waals surface area contributed by atoms with Gasteiger partial charge in [0.1, 0.15) is 0 Å². The van der Waals surface area contributed by atoms with Crippen LogP contribution in [-0.2, 0) is 16.0 Å². The molecular weight excluding hydrogens is 268 g/mol. The van der Waals surface area contributed by atoms with Crippen LogP contribution in [0.4, 0.5) is 0 Å². The molecule has 0 saturated heterocycles. The van der Waals surface area contributed by atoms with Crippen LogP contribution in [0.25, 0.3) is 0 Å². The van der Waals surface area contributed by atoms with E-state index >= 15 is 0 Å². The molecule has 0 aromatic heterocycles. The van der Waals surface area contributed by atoms with Crippen LogP contribution in [0.5, 0.6) is 0 Å². The van der Waals surface area contributed by atoms with E-state index in [-0.39, 0.29) is 11.9 Å². The first-order valence-corrected chi connectivity index (χ1v) is 6.37. The Morgan fingerprint density at radius 3 is 2.44 bits per heavy atom. The monoisotopic (exact) mass is 284 g/mol. The van der Waals surface area contributed by atoms with E-state index in [0.717, 1.165) is 17.3 Å². The number of carbonyl (C=O) groups excluding carboxylic acids is 1. The van der Waals surface area contributed by atoms with Gasteiger partial charge in [0.2, 0.25) is 0 Å². The first kappa shape index (κ1) is 13.2. The molecule has 1 atom stereocenters. The molecule has 0 aliphatic heterocycles. The summed E-state index contributed by atoms with van der Waals surface area (Å²) in [4.78, 5) is 11.6. The SMILES string of the molecule is CCOC(=O)C(CC)Cc1ccc(Br)cc1. The van der Waals surface area contributed by atoms with Gasteiger partial charge in [0.05, 0.1) is 12.5 Å². The van der Waals surface area contributed by atoms with Gasteiger partial charge in [-0.05, 0) is 37.5 Å². The van der Waals surface area contributed by atoms with Crippen molar-refractivity contribution in [3.63, 3.8) is 0 Å². The molecule has 0 bridgehead atoms. The average Bonchev–Trinajstić information content (AvgIpc) is 2.28. The van der Waals surface area contributed by atoms with Gasteiger partial charge in [-0.2, -0.15) is 0 Å². The van der Waals surface area contributed by atoms with Crippen molar-refractivity contribution in [2.24, 2.45) is 5.92 Å². The molecule has 16 heavy (non-hydrogen) atoms. The fraction of sp³-hybridized carbons (Fsp3) is 0.462. The third kappa shape index (κ3) is 3.97. The Hall–Kier alpha value is -0.830. The summed E-state index contributed by atoms with van der Waals surface area (Å²) < 4.78 is 6.10. The summed E-state index contributed by atoms with van der Waals surface area (Å²) in [5.41, 5.74) is 1.17. The maximum absolute atomic E-state index is 11.6. The van der Waals surface area contributed by atoms with E-state index in [4.69, 9.17) is 4.74 Å². The Morgan fingerprint density at radius 2 is 1.94 bits per heavy atom. The minimum atomic E-state index is -0.0899. The van der Waals surface area contributed by atoms with Crippen LogP contribution >= 0.6 is 15.9 Å². The van der Waals surface area contributed by atoms with Gasteiger partial charge in [-0.1, -0.05) is 35.0 Å². The number of ether oxygens (including phenoxy) is 1. The van der Waals surface area contributed by atoms with Crippen LogP contribution < -0.4 is 0 Å². The summed E-state index contributed by atoms with van der Waals surface area (Å²) in [6, 6.07) is 8.05. The number of benzene rings is 1. The van der Waals surface area contributed by atoms with E-state index in [2.05, 4.69) is 15.9 Å². The van der Waals surface area contributed by atoms with Gasteiger partial charge < -0.3 is 4.74 Å². The number of carbonyl (C=O) groups is 1. The number of rotatable bonds is 5. The Bertz CT molecular complexity index is 332. The van der Waals surface area contributed by atoms with Gasteiger partial charge in [-0.15, -0.1) is 0 Å². The number of hydrogen-bond acceptors (Lipinski definition) is 2. The molecule has 1 aromatic rings. The number of hydrogen-bond donors (Lipinski definition) is 0. The van der Waals surface area contributed by atoms with Crippen LogP contribution in [-0.4, -0.2) is 12.6 Å². The van der Waals surface area contributed by atoms with Gasteiger partial charge in [0.15, 0.2) is 0 Å². The van der Waals surface area contributed by atoms with Crippen molar-refractivity contribution in [2.75, 3.05) is 6.61 Å². The first-order chi connectivity index (χ1) is 7.67. The second-order valence-corrected chi connectivity index (χ2v) is 4.60. The first-order valence-electron chi connectivity index (χ1n) is 5.58. The molecule has 1 aromatic carbocycles. The summed E-state index contributed by atoms with van der Waals surface area (Å²) in [7, 11) is 0. The average molecular weight is 285 g/mol. The second kappa shape index (κ2) is 6.69. The molecule has 0 spiro atoms. The van der Waals surface area contributed by atoms with E-state index in [1.165, 1.54) is 5.56 Å². The molecule has 0 N–H and O–H groups in total. The van der Waals surface area contributed by atoms with Crippen LogP contribution in [0.1, 0.15) is 25.8 Å². The lowest BCUT2D eigenvalue weighted by Crippen LogP contribution is -2.19. The molecule has 0 fully saturated rings. The van der Waals surface area contributed by atoms with E-state index in [0.29, 0.717) is 6.61 Å². The van der Waals surface area contributed by atoms with Gasteiger partial charge >= 0.3 is 5.97 Å². The van der Waals surface area contributed by atoms with Gasteiger partial charge in [0, 0.05) is 4.47 Å². The number of esters is 1. The Kier molecular flexibility index (Phi) is 5.53. The largest absolute Gasteiger partial charge is 0.466 e. The molecule has 3 heteroatoms. The second-order valence-electron chi connectivity index (χ2n) is 3.69. The lowest BCUT2D eigenvalue weighted by atomic mass is 9.97. The molecular formula is C13H17BrO2. The predicted molar refractivity (Wildman–Crippen MR) is 68.3 cm³/mol. The van der Waals surface area contributed by atoms with Crippen molar-refractivity contribution in [1.29, 1.82) is 0 Å². The maximum atomic E-state index is 11.6. The fourth-order valence-corrected chi connectivity index (χ4v) is 1.82. The van der Waals surface area contributed by atoms with Crippen LogP contribution in [0, 0.1) is 5.92 Å². The molecule has 2 nitrogen and oxygen atoms in total. The standard InChI is InChI=1S/C13H17BrO2/c1-3-11(13(15)16-4-2)9-10-5-7-12(14)8-6-10/h5-8,11H,3-4,9H2,1-2H3. The van der Waals surface area contributed by atoms with Gasteiger partial charge in [-0.3, -0.25) is 4.79 Å². The van der Waals surface area contributed by atoms with Crippen molar-refractivity contribution in [3.8, 4) is 0 Å². The third-order valence-corrected chi connectivity index (χ3v) is 3.04. The molecule has 0 radical (unpaired) electrons. The minimum absolute atomic E-state index is 0.0267. The van der Waals surface area contributed by atoms with Crippen LogP contribution in [0.2, 0.25) is 0 Å². The van der Waals surface area contributed by atoms with Crippen molar-refractivity contribution >= 4 is 21.9 Å².